The van der Waals surface area contributed by atoms with Gasteiger partial charge >= 0.3 is 6.09 Å². The van der Waals surface area contributed by atoms with Crippen LogP contribution in [0, 0.1) is 0 Å². The highest BCUT2D eigenvalue weighted by atomic mass is 16.4. The summed E-state index contributed by atoms with van der Waals surface area (Å²) in [6.07, 6.45) is -1.01. The second-order valence-electron chi connectivity index (χ2n) is 3.42. The average molecular weight is 179 g/mol. The highest BCUT2D eigenvalue weighted by Crippen LogP contribution is 2.18. The molecule has 3 heteroatoms. The molecule has 0 aliphatic carbocycles. The number of carboxylic acid groups (broad SMARTS) is 1. The van der Waals surface area contributed by atoms with Crippen LogP contribution in [0.3, 0.4) is 0 Å². The summed E-state index contributed by atoms with van der Waals surface area (Å²) in [5, 5.41) is 11.1. The molecule has 1 rings (SSSR count). The molecule has 0 saturated carbocycles. The topological polar surface area (TPSA) is 49.3 Å². The summed E-state index contributed by atoms with van der Waals surface area (Å²) in [6, 6.07) is 9.48. The normalized spacial score (nSPS) is 10.9. The summed E-state index contributed by atoms with van der Waals surface area (Å²) in [6.45, 7) is 3.66. The van der Waals surface area contributed by atoms with E-state index in [1.165, 1.54) is 0 Å². The van der Waals surface area contributed by atoms with Gasteiger partial charge in [-0.2, -0.15) is 0 Å². The van der Waals surface area contributed by atoms with E-state index >= 15 is 0 Å². The van der Waals surface area contributed by atoms with Crippen LogP contribution in [0.2, 0.25) is 0 Å². The zero-order chi connectivity index (χ0) is 9.90. The molecule has 1 aromatic rings. The molecule has 0 aliphatic rings. The van der Waals surface area contributed by atoms with Gasteiger partial charge in [-0.3, -0.25) is 0 Å². The maximum absolute atomic E-state index is 10.5. The molecule has 0 aliphatic heterocycles. The average Bonchev–Trinajstić information content (AvgIpc) is 2.04. The van der Waals surface area contributed by atoms with Crippen LogP contribution < -0.4 is 5.32 Å². The zero-order valence-electron chi connectivity index (χ0n) is 7.74. The summed E-state index contributed by atoms with van der Waals surface area (Å²) in [7, 11) is 0. The fraction of sp³-hybridized carbons (Fsp3) is 0.300. The lowest BCUT2D eigenvalue weighted by molar-refractivity contribution is 0.182. The fourth-order valence-corrected chi connectivity index (χ4v) is 1.19. The highest BCUT2D eigenvalue weighted by molar-refractivity contribution is 5.65. The Balaban J connectivity index is 2.87. The Hall–Kier alpha value is -1.51. The van der Waals surface area contributed by atoms with Gasteiger partial charge in [-0.15, -0.1) is 0 Å². The summed E-state index contributed by atoms with van der Waals surface area (Å²) in [5.41, 5.74) is 0.421. The van der Waals surface area contributed by atoms with E-state index in [0.717, 1.165) is 5.56 Å². The molecule has 0 heterocycles. The number of hydrogen-bond acceptors (Lipinski definition) is 1. The van der Waals surface area contributed by atoms with Gasteiger partial charge in [-0.05, 0) is 19.4 Å². The van der Waals surface area contributed by atoms with Gasteiger partial charge in [-0.1, -0.05) is 30.3 Å². The van der Waals surface area contributed by atoms with Crippen molar-refractivity contribution < 1.29 is 9.90 Å². The molecule has 0 aromatic heterocycles. The lowest BCUT2D eigenvalue weighted by atomic mass is 9.95. The van der Waals surface area contributed by atoms with Crippen molar-refractivity contribution in [2.45, 2.75) is 19.4 Å². The van der Waals surface area contributed by atoms with Gasteiger partial charge in [0.05, 0.1) is 5.54 Å². The molecule has 70 valence electrons. The third-order valence-corrected chi connectivity index (χ3v) is 1.91. The lowest BCUT2D eigenvalue weighted by Gasteiger charge is -2.24. The lowest BCUT2D eigenvalue weighted by Crippen LogP contribution is -2.39. The van der Waals surface area contributed by atoms with Crippen LogP contribution in [0.25, 0.3) is 0 Å². The predicted octanol–water partition coefficient (Wildman–Crippen LogP) is 2.19. The molecular weight excluding hydrogens is 166 g/mol. The molecular formula is C10H13NO2. The number of hydrogen-bond donors (Lipinski definition) is 2. The minimum Gasteiger partial charge on any atom is -0.465 e. The van der Waals surface area contributed by atoms with E-state index in [-0.39, 0.29) is 0 Å². The van der Waals surface area contributed by atoms with Crippen molar-refractivity contribution in [1.82, 2.24) is 5.32 Å². The van der Waals surface area contributed by atoms with Crippen molar-refractivity contribution >= 4 is 6.09 Å². The molecule has 0 unspecified atom stereocenters. The first kappa shape index (κ1) is 9.58. The number of amides is 1. The molecule has 0 radical (unpaired) electrons. The predicted molar refractivity (Wildman–Crippen MR) is 50.6 cm³/mol. The first-order chi connectivity index (χ1) is 6.02. The van der Waals surface area contributed by atoms with Crippen molar-refractivity contribution in [2.75, 3.05) is 0 Å². The Labute approximate surface area is 77.4 Å². The summed E-state index contributed by atoms with van der Waals surface area (Å²) < 4.78 is 0. The van der Waals surface area contributed by atoms with Crippen LogP contribution >= 0.6 is 0 Å². The van der Waals surface area contributed by atoms with Crippen molar-refractivity contribution in [3.05, 3.63) is 35.9 Å². The number of nitrogens with one attached hydrogen (secondary N) is 1. The van der Waals surface area contributed by atoms with Crippen LogP contribution in [-0.4, -0.2) is 11.2 Å². The standard InChI is InChI=1S/C10H13NO2/c1-10(2,11-9(12)13)8-6-4-3-5-7-8/h3-7,11H,1-2H3,(H,12,13). The smallest absolute Gasteiger partial charge is 0.405 e. The maximum Gasteiger partial charge on any atom is 0.405 e. The molecule has 1 amide bonds. The van der Waals surface area contributed by atoms with Crippen LogP contribution in [-0.2, 0) is 5.54 Å². The van der Waals surface area contributed by atoms with Gasteiger partial charge in [0.15, 0.2) is 0 Å². The molecule has 2 N–H and O–H groups in total. The minimum absolute atomic E-state index is 0.535. The monoisotopic (exact) mass is 179 g/mol. The van der Waals surface area contributed by atoms with E-state index in [4.69, 9.17) is 5.11 Å². The van der Waals surface area contributed by atoms with Gasteiger partial charge in [0.25, 0.3) is 0 Å². The van der Waals surface area contributed by atoms with Crippen molar-refractivity contribution in [3.8, 4) is 0 Å². The van der Waals surface area contributed by atoms with Crippen molar-refractivity contribution in [1.29, 1.82) is 0 Å². The first-order valence-electron chi connectivity index (χ1n) is 4.09. The first-order valence-corrected chi connectivity index (χ1v) is 4.09. The van der Waals surface area contributed by atoms with Crippen LogP contribution in [0.5, 0.6) is 0 Å². The Bertz CT molecular complexity index is 293. The van der Waals surface area contributed by atoms with Crippen LogP contribution in [0.4, 0.5) is 4.79 Å². The van der Waals surface area contributed by atoms with Gasteiger partial charge in [0.1, 0.15) is 0 Å². The number of benzene rings is 1. The largest absolute Gasteiger partial charge is 0.465 e. The number of rotatable bonds is 2. The van der Waals surface area contributed by atoms with E-state index < -0.39 is 11.6 Å². The summed E-state index contributed by atoms with van der Waals surface area (Å²) >= 11 is 0. The molecule has 0 atom stereocenters. The third-order valence-electron chi connectivity index (χ3n) is 1.91. The van der Waals surface area contributed by atoms with E-state index in [2.05, 4.69) is 5.32 Å². The molecule has 13 heavy (non-hydrogen) atoms. The Morgan fingerprint density at radius 2 is 1.85 bits per heavy atom. The third kappa shape index (κ3) is 2.47. The molecule has 0 spiro atoms. The minimum atomic E-state index is -1.01. The van der Waals surface area contributed by atoms with Crippen LogP contribution in [0.15, 0.2) is 30.3 Å². The van der Waals surface area contributed by atoms with Gasteiger partial charge in [0.2, 0.25) is 0 Å². The number of carbonyl (C=O) groups is 1. The van der Waals surface area contributed by atoms with Gasteiger partial charge < -0.3 is 10.4 Å². The fourth-order valence-electron chi connectivity index (χ4n) is 1.19. The Morgan fingerprint density at radius 1 is 1.31 bits per heavy atom. The van der Waals surface area contributed by atoms with Gasteiger partial charge in [0, 0.05) is 0 Å². The molecule has 3 nitrogen and oxygen atoms in total. The maximum atomic E-state index is 10.5. The van der Waals surface area contributed by atoms with E-state index in [1.54, 1.807) is 0 Å². The van der Waals surface area contributed by atoms with Crippen molar-refractivity contribution in [2.24, 2.45) is 0 Å². The van der Waals surface area contributed by atoms with E-state index in [1.807, 2.05) is 44.2 Å². The molecule has 1 aromatic carbocycles. The van der Waals surface area contributed by atoms with Crippen LogP contribution in [0.1, 0.15) is 19.4 Å². The van der Waals surface area contributed by atoms with Crippen molar-refractivity contribution in [3.63, 3.8) is 0 Å². The summed E-state index contributed by atoms with van der Waals surface area (Å²) in [5.74, 6) is 0. The zero-order valence-corrected chi connectivity index (χ0v) is 7.74. The molecule has 0 bridgehead atoms. The quantitative estimate of drug-likeness (QED) is 0.731. The molecule has 0 saturated heterocycles. The Morgan fingerprint density at radius 3 is 2.31 bits per heavy atom. The summed E-state index contributed by atoms with van der Waals surface area (Å²) in [4.78, 5) is 10.5. The highest BCUT2D eigenvalue weighted by Gasteiger charge is 2.21. The van der Waals surface area contributed by atoms with E-state index in [9.17, 15) is 4.79 Å². The SMILES string of the molecule is CC(C)(NC(=O)O)c1ccccc1. The Kier molecular flexibility index (Phi) is 2.56. The second-order valence-corrected chi connectivity index (χ2v) is 3.42. The van der Waals surface area contributed by atoms with Gasteiger partial charge in [-0.25, -0.2) is 4.79 Å². The molecule has 0 fully saturated rings. The second kappa shape index (κ2) is 3.47. The van der Waals surface area contributed by atoms with E-state index in [0.29, 0.717) is 0 Å².